The fraction of sp³-hybridized carbons (Fsp3) is 0.727. The Bertz CT molecular complexity index is 360. The molecule has 4 nitrogen and oxygen atoms in total. The van der Waals surface area contributed by atoms with Gasteiger partial charge in [0.25, 0.3) is 0 Å². The Balaban J connectivity index is 2.55. The number of aryl methyl sites for hydroxylation is 2. The first-order chi connectivity index (χ1) is 7.37. The van der Waals surface area contributed by atoms with Crippen LogP contribution in [0.3, 0.4) is 0 Å². The van der Waals surface area contributed by atoms with Crippen LogP contribution in [0, 0.1) is 6.92 Å². The van der Waals surface area contributed by atoms with Crippen molar-refractivity contribution in [1.29, 1.82) is 0 Å². The number of hydrogen-bond donors (Lipinski definition) is 1. The predicted molar refractivity (Wildman–Crippen MR) is 65.5 cm³/mol. The molecule has 1 heterocycles. The fourth-order valence-corrected chi connectivity index (χ4v) is 1.53. The van der Waals surface area contributed by atoms with Gasteiger partial charge in [-0.3, -0.25) is 4.68 Å². The summed E-state index contributed by atoms with van der Waals surface area (Å²) in [6, 6.07) is 0. The van der Waals surface area contributed by atoms with Gasteiger partial charge in [0.1, 0.15) is 0 Å². The normalized spacial score (nSPS) is 15.1. The molecule has 0 aromatic carbocycles. The van der Waals surface area contributed by atoms with Gasteiger partial charge in [-0.05, 0) is 20.3 Å². The molecular formula is C11H20ClN3O. The van der Waals surface area contributed by atoms with Crippen LogP contribution in [0.15, 0.2) is 0 Å². The average Bonchev–Trinajstić information content (AvgIpc) is 2.44. The monoisotopic (exact) mass is 245 g/mol. The third-order valence-electron chi connectivity index (χ3n) is 2.74. The molecule has 0 saturated carbocycles. The van der Waals surface area contributed by atoms with E-state index in [1.807, 2.05) is 27.8 Å². The number of hydrogen-bond acceptors (Lipinski definition) is 3. The lowest BCUT2D eigenvalue weighted by Gasteiger charge is -2.22. The summed E-state index contributed by atoms with van der Waals surface area (Å²) >= 11 is 6.10. The van der Waals surface area contributed by atoms with Gasteiger partial charge in [-0.1, -0.05) is 18.5 Å². The molecule has 0 bridgehead atoms. The van der Waals surface area contributed by atoms with Gasteiger partial charge in [0.15, 0.2) is 0 Å². The summed E-state index contributed by atoms with van der Waals surface area (Å²) in [5.74, 6) is 0. The van der Waals surface area contributed by atoms with Crippen molar-refractivity contribution in [3.05, 3.63) is 16.4 Å². The van der Waals surface area contributed by atoms with Crippen molar-refractivity contribution in [3.63, 3.8) is 0 Å². The molecule has 0 aliphatic heterocycles. The summed E-state index contributed by atoms with van der Waals surface area (Å²) in [5.41, 5.74) is 7.43. The second-order valence-corrected chi connectivity index (χ2v) is 4.85. The highest BCUT2D eigenvalue weighted by molar-refractivity contribution is 6.31. The van der Waals surface area contributed by atoms with Gasteiger partial charge in [0.05, 0.1) is 29.6 Å². The minimum atomic E-state index is -0.278. The maximum absolute atomic E-state index is 6.10. The standard InChI is InChI=1S/C11H20ClN3O/c1-5-11(3,13)7-16-6-9-10(12)8(2)14-15(9)4/h5-7,13H2,1-4H3. The van der Waals surface area contributed by atoms with Crippen molar-refractivity contribution in [3.8, 4) is 0 Å². The van der Waals surface area contributed by atoms with E-state index in [0.717, 1.165) is 17.8 Å². The van der Waals surface area contributed by atoms with Crippen molar-refractivity contribution in [1.82, 2.24) is 9.78 Å². The van der Waals surface area contributed by atoms with E-state index in [1.54, 1.807) is 4.68 Å². The van der Waals surface area contributed by atoms with Crippen LogP contribution in [0.4, 0.5) is 0 Å². The zero-order chi connectivity index (χ0) is 12.3. The Kier molecular flexibility index (Phi) is 4.35. The second-order valence-electron chi connectivity index (χ2n) is 4.47. The molecule has 5 heteroatoms. The van der Waals surface area contributed by atoms with Gasteiger partial charge in [-0.15, -0.1) is 0 Å². The number of halogens is 1. The van der Waals surface area contributed by atoms with E-state index in [9.17, 15) is 0 Å². The average molecular weight is 246 g/mol. The number of ether oxygens (including phenoxy) is 1. The Morgan fingerprint density at radius 1 is 1.56 bits per heavy atom. The lowest BCUT2D eigenvalue weighted by molar-refractivity contribution is 0.0739. The molecular weight excluding hydrogens is 226 g/mol. The minimum absolute atomic E-state index is 0.278. The van der Waals surface area contributed by atoms with Crippen LogP contribution in [0.5, 0.6) is 0 Å². The van der Waals surface area contributed by atoms with E-state index < -0.39 is 0 Å². The molecule has 1 rings (SSSR count). The minimum Gasteiger partial charge on any atom is -0.373 e. The van der Waals surface area contributed by atoms with Crippen LogP contribution < -0.4 is 5.73 Å². The zero-order valence-corrected chi connectivity index (χ0v) is 11.1. The first-order valence-electron chi connectivity index (χ1n) is 5.42. The van der Waals surface area contributed by atoms with E-state index in [0.29, 0.717) is 18.2 Å². The molecule has 0 amide bonds. The van der Waals surface area contributed by atoms with Gasteiger partial charge in [0, 0.05) is 12.6 Å². The second kappa shape index (κ2) is 5.17. The predicted octanol–water partition coefficient (Wildman–Crippen LogP) is 2.03. The van der Waals surface area contributed by atoms with Crippen molar-refractivity contribution in [2.45, 2.75) is 39.3 Å². The SMILES string of the molecule is CCC(C)(N)COCc1c(Cl)c(C)nn1C. The summed E-state index contributed by atoms with van der Waals surface area (Å²) < 4.78 is 7.33. The first kappa shape index (κ1) is 13.5. The lowest BCUT2D eigenvalue weighted by Crippen LogP contribution is -2.40. The zero-order valence-electron chi connectivity index (χ0n) is 10.4. The van der Waals surface area contributed by atoms with Crippen molar-refractivity contribution in [2.24, 2.45) is 12.8 Å². The summed E-state index contributed by atoms with van der Waals surface area (Å²) in [5, 5.41) is 4.90. The molecule has 1 unspecified atom stereocenters. The van der Waals surface area contributed by atoms with Gasteiger partial charge in [-0.2, -0.15) is 5.10 Å². The fourth-order valence-electron chi connectivity index (χ4n) is 1.32. The lowest BCUT2D eigenvalue weighted by atomic mass is 10.0. The molecule has 0 spiro atoms. The molecule has 0 saturated heterocycles. The van der Waals surface area contributed by atoms with Gasteiger partial charge < -0.3 is 10.5 Å². The van der Waals surface area contributed by atoms with E-state index >= 15 is 0 Å². The molecule has 2 N–H and O–H groups in total. The molecule has 92 valence electrons. The molecule has 1 atom stereocenters. The highest BCUT2D eigenvalue weighted by Crippen LogP contribution is 2.20. The van der Waals surface area contributed by atoms with Crippen molar-refractivity contribution >= 4 is 11.6 Å². The Morgan fingerprint density at radius 3 is 2.62 bits per heavy atom. The molecule has 0 radical (unpaired) electrons. The van der Waals surface area contributed by atoms with Crippen molar-refractivity contribution in [2.75, 3.05) is 6.61 Å². The van der Waals surface area contributed by atoms with Crippen LogP contribution >= 0.6 is 11.6 Å². The molecule has 0 fully saturated rings. The number of nitrogens with two attached hydrogens (primary N) is 1. The highest BCUT2D eigenvalue weighted by Gasteiger charge is 2.17. The summed E-state index contributed by atoms with van der Waals surface area (Å²) in [7, 11) is 1.86. The molecule has 1 aromatic heterocycles. The number of aromatic nitrogens is 2. The van der Waals surface area contributed by atoms with Crippen LogP contribution in [0.2, 0.25) is 5.02 Å². The van der Waals surface area contributed by atoms with Crippen LogP contribution in [0.1, 0.15) is 31.7 Å². The van der Waals surface area contributed by atoms with E-state index in [2.05, 4.69) is 5.10 Å². The maximum atomic E-state index is 6.10. The molecule has 16 heavy (non-hydrogen) atoms. The third-order valence-corrected chi connectivity index (χ3v) is 3.23. The van der Waals surface area contributed by atoms with E-state index in [1.165, 1.54) is 0 Å². The van der Waals surface area contributed by atoms with Crippen LogP contribution in [-0.4, -0.2) is 21.9 Å². The van der Waals surface area contributed by atoms with Crippen LogP contribution in [-0.2, 0) is 18.4 Å². The van der Waals surface area contributed by atoms with Gasteiger partial charge in [0.2, 0.25) is 0 Å². The van der Waals surface area contributed by atoms with Crippen molar-refractivity contribution < 1.29 is 4.74 Å². The molecule has 0 aliphatic rings. The van der Waals surface area contributed by atoms with Gasteiger partial charge in [-0.25, -0.2) is 0 Å². The van der Waals surface area contributed by atoms with Gasteiger partial charge >= 0.3 is 0 Å². The number of rotatable bonds is 5. The quantitative estimate of drug-likeness (QED) is 0.864. The highest BCUT2D eigenvalue weighted by atomic mass is 35.5. The smallest absolute Gasteiger partial charge is 0.0900 e. The Labute approximate surface area is 102 Å². The third kappa shape index (κ3) is 3.20. The maximum Gasteiger partial charge on any atom is 0.0900 e. The van der Waals surface area contributed by atoms with Crippen LogP contribution in [0.25, 0.3) is 0 Å². The molecule has 1 aromatic rings. The summed E-state index contributed by atoms with van der Waals surface area (Å²) in [6.07, 6.45) is 0.880. The largest absolute Gasteiger partial charge is 0.373 e. The Hall–Kier alpha value is -0.580. The summed E-state index contributed by atoms with van der Waals surface area (Å²) in [4.78, 5) is 0. The van der Waals surface area contributed by atoms with E-state index in [4.69, 9.17) is 22.1 Å². The number of nitrogens with zero attached hydrogens (tertiary/aromatic N) is 2. The first-order valence-corrected chi connectivity index (χ1v) is 5.80. The topological polar surface area (TPSA) is 53.1 Å². The van der Waals surface area contributed by atoms with E-state index in [-0.39, 0.29) is 5.54 Å². The molecule has 0 aliphatic carbocycles. The summed E-state index contributed by atoms with van der Waals surface area (Å²) in [6.45, 7) is 6.87. The Morgan fingerprint density at radius 2 is 2.19 bits per heavy atom.